The molecule has 0 saturated carbocycles. The summed E-state index contributed by atoms with van der Waals surface area (Å²) in [6.45, 7) is 6.39. The normalized spacial score (nSPS) is 11.0. The second-order valence-corrected chi connectivity index (χ2v) is 5.95. The van der Waals surface area contributed by atoms with Gasteiger partial charge in [-0.3, -0.25) is 9.67 Å². The topological polar surface area (TPSA) is 60.2 Å². The van der Waals surface area contributed by atoms with E-state index in [4.69, 9.17) is 4.74 Å². The highest BCUT2D eigenvalue weighted by Crippen LogP contribution is 2.28. The molecule has 3 rings (SSSR count). The monoisotopic (exact) mass is 323 g/mol. The molecule has 24 heavy (non-hydrogen) atoms. The van der Waals surface area contributed by atoms with Crippen molar-refractivity contribution in [2.75, 3.05) is 0 Å². The summed E-state index contributed by atoms with van der Waals surface area (Å²) in [5, 5.41) is 14.2. The molecule has 0 unspecified atom stereocenters. The van der Waals surface area contributed by atoms with E-state index in [0.29, 0.717) is 12.4 Å². The number of benzene rings is 1. The average molecular weight is 323 g/mol. The number of aromatic nitrogens is 3. The third kappa shape index (κ3) is 3.11. The predicted molar refractivity (Wildman–Crippen MR) is 93.0 cm³/mol. The number of aromatic hydroxyl groups is 1. The van der Waals surface area contributed by atoms with Gasteiger partial charge in [-0.05, 0) is 45.0 Å². The maximum atomic E-state index is 9.80. The Morgan fingerprint density at radius 2 is 1.96 bits per heavy atom. The van der Waals surface area contributed by atoms with E-state index in [1.165, 1.54) is 0 Å². The zero-order valence-corrected chi connectivity index (χ0v) is 14.1. The first-order chi connectivity index (χ1) is 11.6. The molecule has 0 saturated heterocycles. The van der Waals surface area contributed by atoms with E-state index >= 15 is 0 Å². The minimum absolute atomic E-state index is 0.233. The van der Waals surface area contributed by atoms with Gasteiger partial charge in [0.25, 0.3) is 0 Å². The van der Waals surface area contributed by atoms with E-state index in [0.717, 1.165) is 22.5 Å². The van der Waals surface area contributed by atoms with Gasteiger partial charge in [0.15, 0.2) is 0 Å². The lowest BCUT2D eigenvalue weighted by Crippen LogP contribution is -2.07. The van der Waals surface area contributed by atoms with Crippen molar-refractivity contribution in [2.45, 2.75) is 33.4 Å². The Kier molecular flexibility index (Phi) is 4.51. The van der Waals surface area contributed by atoms with Crippen LogP contribution in [0.4, 0.5) is 0 Å². The molecule has 0 bridgehead atoms. The molecular formula is C19H21N3O2. The molecule has 1 aromatic carbocycles. The van der Waals surface area contributed by atoms with Gasteiger partial charge in [0.2, 0.25) is 0 Å². The van der Waals surface area contributed by atoms with E-state index < -0.39 is 0 Å². The first-order valence-corrected chi connectivity index (χ1v) is 7.97. The largest absolute Gasteiger partial charge is 0.508 e. The van der Waals surface area contributed by atoms with Crippen LogP contribution in [-0.2, 0) is 6.61 Å². The summed E-state index contributed by atoms with van der Waals surface area (Å²) in [6, 6.07) is 11.4. The summed E-state index contributed by atoms with van der Waals surface area (Å²) in [5.41, 5.74) is 3.54. The van der Waals surface area contributed by atoms with Crippen LogP contribution in [-0.4, -0.2) is 19.9 Å². The van der Waals surface area contributed by atoms with Crippen LogP contribution in [0.15, 0.2) is 48.8 Å². The van der Waals surface area contributed by atoms with Gasteiger partial charge in [0.1, 0.15) is 18.1 Å². The molecule has 3 aromatic rings. The molecule has 0 atom stereocenters. The molecule has 124 valence electrons. The number of phenolic OH excluding ortho intramolecular Hbond substituents is 1. The van der Waals surface area contributed by atoms with Crippen LogP contribution in [0.1, 0.15) is 31.0 Å². The number of hydrogen-bond acceptors (Lipinski definition) is 4. The van der Waals surface area contributed by atoms with Gasteiger partial charge in [-0.2, -0.15) is 5.10 Å². The van der Waals surface area contributed by atoms with Crippen molar-refractivity contribution in [3.63, 3.8) is 0 Å². The fourth-order valence-corrected chi connectivity index (χ4v) is 2.61. The number of rotatable bonds is 5. The van der Waals surface area contributed by atoms with Crippen molar-refractivity contribution in [1.82, 2.24) is 14.8 Å². The Bertz CT molecular complexity index is 840. The Balaban J connectivity index is 1.90. The second-order valence-electron chi connectivity index (χ2n) is 5.95. The van der Waals surface area contributed by atoms with Crippen LogP contribution in [0.25, 0.3) is 11.4 Å². The summed E-state index contributed by atoms with van der Waals surface area (Å²) < 4.78 is 7.86. The summed E-state index contributed by atoms with van der Waals surface area (Å²) in [4.78, 5) is 4.53. The molecule has 0 aliphatic heterocycles. The lowest BCUT2D eigenvalue weighted by molar-refractivity contribution is 0.302. The van der Waals surface area contributed by atoms with Crippen LogP contribution in [0.2, 0.25) is 0 Å². The standard InChI is InChI=1S/C19H21N3O2/c1-13(2)22-16(9-11-21-22)19-15(6-5-10-20-19)12-24-18-8-4-7-17(23)14(18)3/h4-11,13,23H,12H2,1-3H3. The highest BCUT2D eigenvalue weighted by molar-refractivity contribution is 5.59. The number of ether oxygens (including phenoxy) is 1. The van der Waals surface area contributed by atoms with E-state index in [9.17, 15) is 5.11 Å². The van der Waals surface area contributed by atoms with Gasteiger partial charge in [0, 0.05) is 29.6 Å². The molecule has 1 N–H and O–H groups in total. The van der Waals surface area contributed by atoms with Crippen LogP contribution in [0, 0.1) is 6.92 Å². The van der Waals surface area contributed by atoms with E-state index in [1.807, 2.05) is 35.9 Å². The molecule has 2 aromatic heterocycles. The first-order valence-electron chi connectivity index (χ1n) is 7.97. The van der Waals surface area contributed by atoms with Gasteiger partial charge < -0.3 is 9.84 Å². The molecule has 0 radical (unpaired) electrons. The Morgan fingerprint density at radius 1 is 1.12 bits per heavy atom. The highest BCUT2D eigenvalue weighted by atomic mass is 16.5. The van der Waals surface area contributed by atoms with Crippen molar-refractivity contribution in [2.24, 2.45) is 0 Å². The van der Waals surface area contributed by atoms with Crippen molar-refractivity contribution >= 4 is 0 Å². The maximum absolute atomic E-state index is 9.80. The predicted octanol–water partition coefficient (Wildman–Crippen LogP) is 4.12. The van der Waals surface area contributed by atoms with Gasteiger partial charge in [-0.25, -0.2) is 0 Å². The first kappa shape index (κ1) is 16.1. The number of hydrogen-bond donors (Lipinski definition) is 1. The van der Waals surface area contributed by atoms with E-state index in [2.05, 4.69) is 23.9 Å². The molecule has 2 heterocycles. The van der Waals surface area contributed by atoms with Crippen molar-refractivity contribution < 1.29 is 9.84 Å². The van der Waals surface area contributed by atoms with Gasteiger partial charge in [-0.15, -0.1) is 0 Å². The molecular weight excluding hydrogens is 302 g/mol. The second kappa shape index (κ2) is 6.74. The van der Waals surface area contributed by atoms with Crippen LogP contribution in [0.3, 0.4) is 0 Å². The van der Waals surface area contributed by atoms with E-state index in [-0.39, 0.29) is 11.8 Å². The molecule has 0 aliphatic rings. The van der Waals surface area contributed by atoms with Crippen LogP contribution >= 0.6 is 0 Å². The van der Waals surface area contributed by atoms with E-state index in [1.54, 1.807) is 24.5 Å². The van der Waals surface area contributed by atoms with Crippen molar-refractivity contribution in [3.05, 3.63) is 59.9 Å². The maximum Gasteiger partial charge on any atom is 0.126 e. The SMILES string of the molecule is Cc1c(O)cccc1OCc1cccnc1-c1ccnn1C(C)C. The number of pyridine rings is 1. The molecule has 0 aliphatic carbocycles. The Hall–Kier alpha value is -2.82. The Labute approximate surface area is 141 Å². The molecule has 5 nitrogen and oxygen atoms in total. The lowest BCUT2D eigenvalue weighted by Gasteiger charge is -2.15. The summed E-state index contributed by atoms with van der Waals surface area (Å²) in [6.07, 6.45) is 3.56. The summed E-state index contributed by atoms with van der Waals surface area (Å²) in [5.74, 6) is 0.902. The zero-order valence-electron chi connectivity index (χ0n) is 14.1. The van der Waals surface area contributed by atoms with Crippen LogP contribution < -0.4 is 4.74 Å². The fraction of sp³-hybridized carbons (Fsp3) is 0.263. The van der Waals surface area contributed by atoms with Crippen LogP contribution in [0.5, 0.6) is 11.5 Å². The lowest BCUT2D eigenvalue weighted by atomic mass is 10.1. The third-order valence-electron chi connectivity index (χ3n) is 3.93. The minimum Gasteiger partial charge on any atom is -0.508 e. The highest BCUT2D eigenvalue weighted by Gasteiger charge is 2.14. The summed E-state index contributed by atoms with van der Waals surface area (Å²) in [7, 11) is 0. The zero-order chi connectivity index (χ0) is 17.1. The molecule has 0 spiro atoms. The Morgan fingerprint density at radius 3 is 2.75 bits per heavy atom. The molecule has 0 amide bonds. The smallest absolute Gasteiger partial charge is 0.126 e. The average Bonchev–Trinajstić information content (AvgIpc) is 3.06. The number of phenols is 1. The summed E-state index contributed by atoms with van der Waals surface area (Å²) >= 11 is 0. The fourth-order valence-electron chi connectivity index (χ4n) is 2.61. The van der Waals surface area contributed by atoms with Gasteiger partial charge in [0.05, 0.1) is 11.4 Å². The molecule has 0 fully saturated rings. The quantitative estimate of drug-likeness (QED) is 0.767. The third-order valence-corrected chi connectivity index (χ3v) is 3.93. The number of nitrogens with zero attached hydrogens (tertiary/aromatic N) is 3. The van der Waals surface area contributed by atoms with Gasteiger partial charge >= 0.3 is 0 Å². The minimum atomic E-state index is 0.233. The molecule has 5 heteroatoms. The van der Waals surface area contributed by atoms with Crippen molar-refractivity contribution in [1.29, 1.82) is 0 Å². The van der Waals surface area contributed by atoms with Gasteiger partial charge in [-0.1, -0.05) is 12.1 Å². The van der Waals surface area contributed by atoms with Crippen molar-refractivity contribution in [3.8, 4) is 22.9 Å².